The molecule has 0 aliphatic heterocycles. The van der Waals surface area contributed by atoms with Crippen LogP contribution in [0, 0.1) is 0 Å². The van der Waals surface area contributed by atoms with Crippen molar-refractivity contribution in [2.24, 2.45) is 5.73 Å². The molecule has 1 heterocycles. The van der Waals surface area contributed by atoms with Gasteiger partial charge in [-0.25, -0.2) is 0 Å². The second-order valence-electron chi connectivity index (χ2n) is 2.83. The predicted molar refractivity (Wildman–Crippen MR) is 64.0 cm³/mol. The number of thioether (sulfide) groups is 1. The summed E-state index contributed by atoms with van der Waals surface area (Å²) in [7, 11) is 0. The minimum atomic E-state index is 0.264. The van der Waals surface area contributed by atoms with Gasteiger partial charge in [0.25, 0.3) is 0 Å². The van der Waals surface area contributed by atoms with Crippen LogP contribution >= 0.6 is 34.7 Å². The van der Waals surface area contributed by atoms with Gasteiger partial charge < -0.3 is 5.73 Å². The molecule has 0 aliphatic carbocycles. The summed E-state index contributed by atoms with van der Waals surface area (Å²) in [6.45, 7) is 2.15. The van der Waals surface area contributed by atoms with Crippen molar-refractivity contribution in [1.29, 1.82) is 0 Å². The third-order valence-electron chi connectivity index (χ3n) is 1.63. The first-order chi connectivity index (χ1) is 6.22. The molecule has 0 saturated heterocycles. The lowest BCUT2D eigenvalue weighted by Gasteiger charge is -2.08. The Hall–Kier alpha value is 0.300. The van der Waals surface area contributed by atoms with Gasteiger partial charge in [0, 0.05) is 16.7 Å². The second-order valence-corrected chi connectivity index (χ2v) is 5.95. The fourth-order valence-corrected chi connectivity index (χ4v) is 2.88. The van der Waals surface area contributed by atoms with Crippen LogP contribution in [0.4, 0.5) is 0 Å². The van der Waals surface area contributed by atoms with Crippen molar-refractivity contribution in [2.75, 3.05) is 11.5 Å². The van der Waals surface area contributed by atoms with Crippen molar-refractivity contribution in [2.45, 2.75) is 19.4 Å². The maximum absolute atomic E-state index is 5.94. The standard InChI is InChI=1S/C9H14ClNS2/c1-2-12-6-7(11)5-8-3-4-9(10)13-8/h3-4,7H,2,5-6,11H2,1H3. The zero-order chi connectivity index (χ0) is 9.68. The van der Waals surface area contributed by atoms with Gasteiger partial charge in [0.2, 0.25) is 0 Å². The molecule has 1 rings (SSSR count). The molecule has 0 fully saturated rings. The van der Waals surface area contributed by atoms with Crippen LogP contribution in [0.15, 0.2) is 12.1 Å². The Kier molecular flexibility index (Phi) is 5.17. The fraction of sp³-hybridized carbons (Fsp3) is 0.556. The van der Waals surface area contributed by atoms with Gasteiger partial charge in [-0.15, -0.1) is 11.3 Å². The van der Waals surface area contributed by atoms with Crippen molar-refractivity contribution in [1.82, 2.24) is 0 Å². The van der Waals surface area contributed by atoms with E-state index < -0.39 is 0 Å². The van der Waals surface area contributed by atoms with Crippen LogP contribution in [-0.4, -0.2) is 17.5 Å². The highest BCUT2D eigenvalue weighted by molar-refractivity contribution is 7.99. The highest BCUT2D eigenvalue weighted by Gasteiger charge is 2.05. The Morgan fingerprint density at radius 2 is 2.38 bits per heavy atom. The Morgan fingerprint density at radius 3 is 2.92 bits per heavy atom. The van der Waals surface area contributed by atoms with Gasteiger partial charge in [-0.05, 0) is 24.3 Å². The number of hydrogen-bond donors (Lipinski definition) is 1. The van der Waals surface area contributed by atoms with E-state index in [9.17, 15) is 0 Å². The lowest BCUT2D eigenvalue weighted by Crippen LogP contribution is -2.25. The van der Waals surface area contributed by atoms with E-state index in [0.717, 1.165) is 22.3 Å². The third-order valence-corrected chi connectivity index (χ3v) is 3.95. The van der Waals surface area contributed by atoms with Crippen LogP contribution in [0.25, 0.3) is 0 Å². The van der Waals surface area contributed by atoms with Gasteiger partial charge in [0.1, 0.15) is 0 Å². The molecule has 1 aromatic heterocycles. The van der Waals surface area contributed by atoms with Crippen LogP contribution < -0.4 is 5.73 Å². The average Bonchev–Trinajstić information content (AvgIpc) is 2.48. The molecule has 1 nitrogen and oxygen atoms in total. The van der Waals surface area contributed by atoms with Gasteiger partial charge in [0.15, 0.2) is 0 Å². The summed E-state index contributed by atoms with van der Waals surface area (Å²) < 4.78 is 0.852. The summed E-state index contributed by atoms with van der Waals surface area (Å²) in [6.07, 6.45) is 0.949. The van der Waals surface area contributed by atoms with Crippen LogP contribution in [0.3, 0.4) is 0 Å². The molecule has 74 valence electrons. The highest BCUT2D eigenvalue weighted by atomic mass is 35.5. The number of halogens is 1. The molecule has 0 amide bonds. The Labute approximate surface area is 92.7 Å². The molecule has 13 heavy (non-hydrogen) atoms. The van der Waals surface area contributed by atoms with E-state index in [0.29, 0.717) is 0 Å². The maximum atomic E-state index is 5.94. The summed E-state index contributed by atoms with van der Waals surface area (Å²) in [5.74, 6) is 2.17. The molecule has 0 aromatic carbocycles. The van der Waals surface area contributed by atoms with Gasteiger partial charge >= 0.3 is 0 Å². The first kappa shape index (κ1) is 11.4. The van der Waals surface area contributed by atoms with Gasteiger partial charge in [0.05, 0.1) is 4.34 Å². The summed E-state index contributed by atoms with van der Waals surface area (Å²) in [6, 6.07) is 4.25. The van der Waals surface area contributed by atoms with Crippen LogP contribution in [-0.2, 0) is 6.42 Å². The van der Waals surface area contributed by atoms with Crippen molar-refractivity contribution in [3.8, 4) is 0 Å². The van der Waals surface area contributed by atoms with Gasteiger partial charge in [-0.1, -0.05) is 18.5 Å². The molecule has 2 N–H and O–H groups in total. The van der Waals surface area contributed by atoms with Crippen molar-refractivity contribution in [3.63, 3.8) is 0 Å². The lowest BCUT2D eigenvalue weighted by atomic mass is 10.2. The van der Waals surface area contributed by atoms with E-state index in [2.05, 4.69) is 13.0 Å². The van der Waals surface area contributed by atoms with E-state index >= 15 is 0 Å². The van der Waals surface area contributed by atoms with Crippen LogP contribution in [0.1, 0.15) is 11.8 Å². The van der Waals surface area contributed by atoms with Crippen molar-refractivity contribution >= 4 is 34.7 Å². The first-order valence-corrected chi connectivity index (χ1v) is 6.64. The van der Waals surface area contributed by atoms with Crippen molar-refractivity contribution < 1.29 is 0 Å². The van der Waals surface area contributed by atoms with E-state index in [1.807, 2.05) is 17.8 Å². The number of thiophene rings is 1. The first-order valence-electron chi connectivity index (χ1n) is 4.30. The molecule has 0 radical (unpaired) electrons. The quantitative estimate of drug-likeness (QED) is 0.849. The topological polar surface area (TPSA) is 26.0 Å². The van der Waals surface area contributed by atoms with Crippen LogP contribution in [0.5, 0.6) is 0 Å². The molecule has 0 saturated carbocycles. The van der Waals surface area contributed by atoms with E-state index in [-0.39, 0.29) is 6.04 Å². The predicted octanol–water partition coefficient (Wildman–Crippen LogP) is 3.02. The molecule has 1 unspecified atom stereocenters. The molecular formula is C9H14ClNS2. The Balaban J connectivity index is 2.31. The normalized spacial score (nSPS) is 13.2. The summed E-state index contributed by atoms with van der Waals surface area (Å²) >= 11 is 9.34. The largest absolute Gasteiger partial charge is 0.327 e. The summed E-state index contributed by atoms with van der Waals surface area (Å²) in [5.41, 5.74) is 5.94. The zero-order valence-electron chi connectivity index (χ0n) is 7.63. The van der Waals surface area contributed by atoms with E-state index in [1.165, 1.54) is 4.88 Å². The van der Waals surface area contributed by atoms with Crippen molar-refractivity contribution in [3.05, 3.63) is 21.3 Å². The highest BCUT2D eigenvalue weighted by Crippen LogP contribution is 2.22. The van der Waals surface area contributed by atoms with E-state index in [1.54, 1.807) is 11.3 Å². The lowest BCUT2D eigenvalue weighted by molar-refractivity contribution is 0.757. The molecule has 4 heteroatoms. The Morgan fingerprint density at radius 1 is 1.62 bits per heavy atom. The fourth-order valence-electron chi connectivity index (χ4n) is 1.05. The smallest absolute Gasteiger partial charge is 0.0931 e. The Bertz CT molecular complexity index is 250. The third kappa shape index (κ3) is 4.36. The van der Waals surface area contributed by atoms with E-state index in [4.69, 9.17) is 17.3 Å². The van der Waals surface area contributed by atoms with Gasteiger partial charge in [-0.3, -0.25) is 0 Å². The number of nitrogens with two attached hydrogens (primary N) is 1. The SMILES string of the molecule is CCSCC(N)Cc1ccc(Cl)s1. The maximum Gasteiger partial charge on any atom is 0.0931 e. The minimum Gasteiger partial charge on any atom is -0.327 e. The number of rotatable bonds is 5. The molecule has 0 spiro atoms. The molecule has 0 aliphatic rings. The summed E-state index contributed by atoms with van der Waals surface area (Å²) in [5, 5.41) is 0. The monoisotopic (exact) mass is 235 g/mol. The van der Waals surface area contributed by atoms with Gasteiger partial charge in [-0.2, -0.15) is 11.8 Å². The molecule has 1 atom stereocenters. The molecule has 1 aromatic rings. The van der Waals surface area contributed by atoms with Crippen LogP contribution in [0.2, 0.25) is 4.34 Å². The minimum absolute atomic E-state index is 0.264. The summed E-state index contributed by atoms with van der Waals surface area (Å²) in [4.78, 5) is 1.29. The number of hydrogen-bond acceptors (Lipinski definition) is 3. The zero-order valence-corrected chi connectivity index (χ0v) is 10.0. The average molecular weight is 236 g/mol. The molecular weight excluding hydrogens is 222 g/mol. The molecule has 0 bridgehead atoms. The second kappa shape index (κ2) is 5.91.